The second-order valence-electron chi connectivity index (χ2n) is 5.50. The molecule has 0 aromatic rings. The molecule has 1 heterocycles. The van der Waals surface area contributed by atoms with Gasteiger partial charge in [0.15, 0.2) is 0 Å². The van der Waals surface area contributed by atoms with Crippen molar-refractivity contribution in [2.45, 2.75) is 26.4 Å². The SMILES string of the molecule is C=C/C=C\C(=C)C(C)P1(=C)OC(C)=C(/C=C\C=C)C(C=C)=C1C. The van der Waals surface area contributed by atoms with Gasteiger partial charge >= 0.3 is 0 Å². The van der Waals surface area contributed by atoms with Crippen molar-refractivity contribution in [1.29, 1.82) is 0 Å². The molecule has 0 saturated heterocycles. The summed E-state index contributed by atoms with van der Waals surface area (Å²) in [4.78, 5) is 0. The van der Waals surface area contributed by atoms with Gasteiger partial charge in [0, 0.05) is 11.2 Å². The third kappa shape index (κ3) is 3.86. The average molecular weight is 326 g/mol. The molecule has 122 valence electrons. The van der Waals surface area contributed by atoms with Crippen LogP contribution in [0.3, 0.4) is 0 Å². The fourth-order valence-corrected chi connectivity index (χ4v) is 5.25. The van der Waals surface area contributed by atoms with Gasteiger partial charge < -0.3 is 4.52 Å². The van der Waals surface area contributed by atoms with Crippen molar-refractivity contribution in [3.63, 3.8) is 0 Å². The zero-order valence-corrected chi connectivity index (χ0v) is 15.4. The molecule has 0 aromatic carbocycles. The minimum Gasteiger partial charge on any atom is -0.477 e. The molecule has 0 N–H and O–H groups in total. The standard InChI is InChI=1S/C21H27OP/c1-9-12-14-16(4)18(6)23(8)19(7)20(11-3)21(15-13-10-2)17(5)22-23/h9-15,18H,1-4,8H2,5-7H3/b14-12-,15-13-. The number of allylic oxidation sites excluding steroid dienone is 12. The van der Waals surface area contributed by atoms with E-state index < -0.39 is 7.11 Å². The van der Waals surface area contributed by atoms with E-state index >= 15 is 0 Å². The summed E-state index contributed by atoms with van der Waals surface area (Å²) in [7, 11) is -2.08. The van der Waals surface area contributed by atoms with Crippen LogP contribution in [0, 0.1) is 0 Å². The van der Waals surface area contributed by atoms with Crippen LogP contribution in [-0.4, -0.2) is 12.0 Å². The molecule has 23 heavy (non-hydrogen) atoms. The van der Waals surface area contributed by atoms with Crippen LogP contribution in [-0.2, 0) is 4.52 Å². The Morgan fingerprint density at radius 3 is 2.22 bits per heavy atom. The largest absolute Gasteiger partial charge is 0.477 e. The summed E-state index contributed by atoms with van der Waals surface area (Å²) in [6.07, 6.45) is 17.6. The minimum absolute atomic E-state index is 0.119. The van der Waals surface area contributed by atoms with Gasteiger partial charge in [0.2, 0.25) is 0 Å². The Morgan fingerprint density at radius 2 is 1.70 bits per heavy atom. The smallest absolute Gasteiger partial charge is 0.105 e. The van der Waals surface area contributed by atoms with Crippen molar-refractivity contribution in [2.75, 3.05) is 0 Å². The average Bonchev–Trinajstić information content (AvgIpc) is 2.53. The lowest BCUT2D eigenvalue weighted by molar-refractivity contribution is 0.462. The second kappa shape index (κ2) is 8.04. The lowest BCUT2D eigenvalue weighted by Gasteiger charge is -2.38. The van der Waals surface area contributed by atoms with Gasteiger partial charge in [0.05, 0.1) is 7.11 Å². The van der Waals surface area contributed by atoms with Gasteiger partial charge in [-0.15, -0.1) is 0 Å². The monoisotopic (exact) mass is 326 g/mol. The molecule has 1 aliphatic rings. The van der Waals surface area contributed by atoms with Crippen molar-refractivity contribution in [2.24, 2.45) is 0 Å². The minimum atomic E-state index is -2.08. The number of hydrogen-bond acceptors (Lipinski definition) is 1. The molecule has 1 nitrogen and oxygen atoms in total. The molecule has 1 aliphatic heterocycles. The molecule has 2 unspecified atom stereocenters. The van der Waals surface area contributed by atoms with Crippen molar-refractivity contribution in [3.05, 3.63) is 96.6 Å². The van der Waals surface area contributed by atoms with E-state index in [-0.39, 0.29) is 5.66 Å². The predicted octanol–water partition coefficient (Wildman–Crippen LogP) is 6.54. The molecule has 0 aromatic heterocycles. The Morgan fingerprint density at radius 1 is 1.09 bits per heavy atom. The van der Waals surface area contributed by atoms with Crippen molar-refractivity contribution >= 4 is 13.4 Å². The highest BCUT2D eigenvalue weighted by Gasteiger charge is 2.33. The summed E-state index contributed by atoms with van der Waals surface area (Å²) in [5, 5.41) is 1.16. The molecule has 2 atom stereocenters. The maximum atomic E-state index is 6.36. The number of hydrogen-bond donors (Lipinski definition) is 0. The van der Waals surface area contributed by atoms with Gasteiger partial charge in [0.25, 0.3) is 0 Å². The normalized spacial score (nSPS) is 23.1. The van der Waals surface area contributed by atoms with Gasteiger partial charge in [-0.1, -0.05) is 82.1 Å². The highest BCUT2D eigenvalue weighted by atomic mass is 31.2. The van der Waals surface area contributed by atoms with E-state index in [1.165, 1.54) is 0 Å². The van der Waals surface area contributed by atoms with E-state index in [9.17, 15) is 0 Å². The van der Waals surface area contributed by atoms with Gasteiger partial charge in [-0.2, -0.15) is 0 Å². The van der Waals surface area contributed by atoms with Crippen molar-refractivity contribution < 1.29 is 4.52 Å². The molecule has 0 amide bonds. The van der Waals surface area contributed by atoms with Gasteiger partial charge in [-0.3, -0.25) is 0 Å². The summed E-state index contributed by atoms with van der Waals surface area (Å²) in [5.41, 5.74) is 3.25. The quantitative estimate of drug-likeness (QED) is 0.381. The van der Waals surface area contributed by atoms with Crippen LogP contribution < -0.4 is 0 Å². The van der Waals surface area contributed by atoms with Crippen LogP contribution in [0.4, 0.5) is 0 Å². The summed E-state index contributed by atoms with van der Waals surface area (Å²) >= 11 is 0. The molecule has 0 saturated carbocycles. The first-order valence-electron chi connectivity index (χ1n) is 7.58. The van der Waals surface area contributed by atoms with Gasteiger partial charge in [-0.25, -0.2) is 0 Å². The fraction of sp³-hybridized carbons (Fsp3) is 0.190. The van der Waals surface area contributed by atoms with Crippen molar-refractivity contribution in [3.8, 4) is 0 Å². The topological polar surface area (TPSA) is 9.23 Å². The van der Waals surface area contributed by atoms with Crippen LogP contribution >= 0.6 is 7.11 Å². The molecule has 0 fully saturated rings. The third-order valence-corrected chi connectivity index (χ3v) is 7.70. The summed E-state index contributed by atoms with van der Waals surface area (Å²) in [6.45, 7) is 21.8. The number of rotatable bonds is 7. The zero-order chi connectivity index (χ0) is 17.6. The molecule has 1 rings (SSSR count). The van der Waals surface area contributed by atoms with Gasteiger partial charge in [0.1, 0.15) is 5.76 Å². The summed E-state index contributed by atoms with van der Waals surface area (Å²) < 4.78 is 6.36. The summed E-state index contributed by atoms with van der Waals surface area (Å²) in [6, 6.07) is 0. The fourth-order valence-electron chi connectivity index (χ4n) is 2.55. The van der Waals surface area contributed by atoms with Crippen LogP contribution in [0.25, 0.3) is 0 Å². The van der Waals surface area contributed by atoms with E-state index in [1.807, 2.05) is 37.3 Å². The van der Waals surface area contributed by atoms with Crippen LogP contribution in [0.15, 0.2) is 96.6 Å². The Labute approximate surface area is 141 Å². The predicted molar refractivity (Wildman–Crippen MR) is 108 cm³/mol. The Hall–Kier alpha value is -1.98. The van der Waals surface area contributed by atoms with Crippen molar-refractivity contribution in [1.82, 2.24) is 0 Å². The molecule has 0 aliphatic carbocycles. The van der Waals surface area contributed by atoms with E-state index in [4.69, 9.17) is 4.52 Å². The second-order valence-corrected chi connectivity index (χ2v) is 8.72. The van der Waals surface area contributed by atoms with E-state index in [0.717, 1.165) is 27.8 Å². The lowest BCUT2D eigenvalue weighted by atomic mass is 10.0. The maximum absolute atomic E-state index is 6.36. The highest BCUT2D eigenvalue weighted by Crippen LogP contribution is 2.65. The van der Waals surface area contributed by atoms with E-state index in [2.05, 4.69) is 46.5 Å². The van der Waals surface area contributed by atoms with Crippen LogP contribution in [0.1, 0.15) is 20.8 Å². The van der Waals surface area contributed by atoms with E-state index in [0.29, 0.717) is 0 Å². The Balaban J connectivity index is 3.40. The molecule has 0 bridgehead atoms. The molecule has 2 heteroatoms. The maximum Gasteiger partial charge on any atom is 0.105 e. The van der Waals surface area contributed by atoms with Crippen LogP contribution in [0.2, 0.25) is 0 Å². The lowest BCUT2D eigenvalue weighted by Crippen LogP contribution is -2.14. The first-order valence-corrected chi connectivity index (χ1v) is 9.54. The first kappa shape index (κ1) is 19.1. The molecule has 0 spiro atoms. The molecule has 0 radical (unpaired) electrons. The first-order chi connectivity index (χ1) is 10.8. The highest BCUT2D eigenvalue weighted by molar-refractivity contribution is 7.74. The molecular formula is C21H27OP. The third-order valence-electron chi connectivity index (χ3n) is 4.14. The van der Waals surface area contributed by atoms with Gasteiger partial charge in [-0.05, 0) is 30.3 Å². The Kier molecular flexibility index (Phi) is 6.66. The van der Waals surface area contributed by atoms with E-state index in [1.54, 1.807) is 12.2 Å². The van der Waals surface area contributed by atoms with Crippen LogP contribution in [0.5, 0.6) is 0 Å². The zero-order valence-electron chi connectivity index (χ0n) is 14.5. The Bertz CT molecular complexity index is 695. The summed E-state index contributed by atoms with van der Waals surface area (Å²) in [5.74, 6) is 0.874. The molecular weight excluding hydrogens is 299 g/mol.